The van der Waals surface area contributed by atoms with Gasteiger partial charge in [-0.15, -0.1) is 0 Å². The number of hydrogen-bond acceptors (Lipinski definition) is 5. The molecule has 2 fully saturated rings. The van der Waals surface area contributed by atoms with Gasteiger partial charge in [0.25, 0.3) is 0 Å². The van der Waals surface area contributed by atoms with Crippen molar-refractivity contribution in [1.29, 1.82) is 0 Å². The van der Waals surface area contributed by atoms with Crippen LogP contribution in [0.1, 0.15) is 59.8 Å². The van der Waals surface area contributed by atoms with Crippen molar-refractivity contribution >= 4 is 11.8 Å². The van der Waals surface area contributed by atoms with Crippen molar-refractivity contribution in [3.05, 3.63) is 11.6 Å². The van der Waals surface area contributed by atoms with E-state index in [1.807, 2.05) is 20.8 Å². The second kappa shape index (κ2) is 5.92. The molecule has 25 heavy (non-hydrogen) atoms. The van der Waals surface area contributed by atoms with Crippen molar-refractivity contribution in [2.24, 2.45) is 22.7 Å². The first-order valence-electron chi connectivity index (χ1n) is 9.33. The molecule has 0 aromatic carbocycles. The smallest absolute Gasteiger partial charge is 0.331 e. The van der Waals surface area contributed by atoms with E-state index >= 15 is 0 Å². The Balaban J connectivity index is 1.86. The van der Waals surface area contributed by atoms with Crippen LogP contribution in [-0.4, -0.2) is 40.3 Å². The van der Waals surface area contributed by atoms with E-state index in [1.165, 1.54) is 6.08 Å². The normalized spacial score (nSPS) is 43.4. The van der Waals surface area contributed by atoms with Gasteiger partial charge < -0.3 is 14.9 Å². The van der Waals surface area contributed by atoms with E-state index in [9.17, 15) is 19.8 Å². The number of aliphatic hydroxyl groups is 2. The third-order valence-corrected chi connectivity index (χ3v) is 7.60. The number of hydrogen-bond donors (Lipinski definition) is 2. The Morgan fingerprint density at radius 3 is 2.56 bits per heavy atom. The molecule has 0 unspecified atom stereocenters. The van der Waals surface area contributed by atoms with Gasteiger partial charge in [0.1, 0.15) is 12.4 Å². The standard InChI is InChI=1S/C20H30O5/c1-12-5-8-20(24)14(10-15(21)18(20,2)3)17(23)19(12,4)7-6-13-9-16(22)25-11-13/h9,12,14-15,21,24H,5-8,10-11H2,1-4H3/t12-,14-,15-,19+,20+/m1/s1. The molecule has 2 N–H and O–H groups in total. The Labute approximate surface area is 149 Å². The van der Waals surface area contributed by atoms with Crippen LogP contribution < -0.4 is 0 Å². The highest BCUT2D eigenvalue weighted by Crippen LogP contribution is 2.58. The van der Waals surface area contributed by atoms with Crippen molar-refractivity contribution in [1.82, 2.24) is 0 Å². The van der Waals surface area contributed by atoms with Crippen molar-refractivity contribution in [3.63, 3.8) is 0 Å². The number of carbonyl (C=O) groups is 2. The number of ketones is 1. The maximum Gasteiger partial charge on any atom is 0.331 e. The largest absolute Gasteiger partial charge is 0.458 e. The molecule has 5 heteroatoms. The molecule has 5 atom stereocenters. The van der Waals surface area contributed by atoms with Gasteiger partial charge in [-0.05, 0) is 43.6 Å². The van der Waals surface area contributed by atoms with Crippen LogP contribution in [0.3, 0.4) is 0 Å². The summed E-state index contributed by atoms with van der Waals surface area (Å²) in [6.07, 6.45) is 3.75. The van der Waals surface area contributed by atoms with Crippen molar-refractivity contribution in [2.45, 2.75) is 71.5 Å². The number of Topliss-reactive ketones (excluding diaryl/α,β-unsaturated/α-hetero) is 1. The lowest BCUT2D eigenvalue weighted by atomic mass is 9.66. The van der Waals surface area contributed by atoms with E-state index in [0.29, 0.717) is 32.3 Å². The summed E-state index contributed by atoms with van der Waals surface area (Å²) in [6.45, 7) is 8.11. The first kappa shape index (κ1) is 18.6. The molecule has 0 amide bonds. The zero-order chi connectivity index (χ0) is 18.6. The highest BCUT2D eigenvalue weighted by molar-refractivity contribution is 5.89. The molecular formula is C20H30O5. The summed E-state index contributed by atoms with van der Waals surface area (Å²) >= 11 is 0. The molecule has 3 aliphatic rings. The Morgan fingerprint density at radius 1 is 1.28 bits per heavy atom. The predicted molar refractivity (Wildman–Crippen MR) is 92.6 cm³/mol. The van der Waals surface area contributed by atoms with Crippen LogP contribution >= 0.6 is 0 Å². The summed E-state index contributed by atoms with van der Waals surface area (Å²) in [7, 11) is 0. The van der Waals surface area contributed by atoms with Gasteiger partial charge >= 0.3 is 5.97 Å². The third kappa shape index (κ3) is 2.67. The fourth-order valence-electron chi connectivity index (χ4n) is 5.01. The summed E-state index contributed by atoms with van der Waals surface area (Å²) in [5.41, 5.74) is -1.48. The van der Waals surface area contributed by atoms with Gasteiger partial charge in [-0.3, -0.25) is 4.79 Å². The van der Waals surface area contributed by atoms with Crippen molar-refractivity contribution in [3.8, 4) is 0 Å². The molecular weight excluding hydrogens is 320 g/mol. The van der Waals surface area contributed by atoms with E-state index in [2.05, 4.69) is 6.92 Å². The van der Waals surface area contributed by atoms with Gasteiger partial charge in [0, 0.05) is 16.9 Å². The first-order valence-corrected chi connectivity index (χ1v) is 9.33. The molecule has 0 spiro atoms. The average molecular weight is 350 g/mol. The highest BCUT2D eigenvalue weighted by Gasteiger charge is 2.64. The number of ether oxygens (including phenoxy) is 1. The fourth-order valence-corrected chi connectivity index (χ4v) is 5.01. The van der Waals surface area contributed by atoms with E-state index < -0.39 is 28.5 Å². The first-order chi connectivity index (χ1) is 11.5. The zero-order valence-electron chi connectivity index (χ0n) is 15.7. The second-order valence-electron chi connectivity index (χ2n) is 9.08. The average Bonchev–Trinajstić information content (AvgIpc) is 3.02. The summed E-state index contributed by atoms with van der Waals surface area (Å²) in [5, 5.41) is 21.8. The van der Waals surface area contributed by atoms with Crippen LogP contribution in [0.5, 0.6) is 0 Å². The van der Waals surface area contributed by atoms with Gasteiger partial charge in [-0.25, -0.2) is 4.79 Å². The lowest BCUT2D eigenvalue weighted by Gasteiger charge is -2.41. The lowest BCUT2D eigenvalue weighted by molar-refractivity contribution is -0.146. The van der Waals surface area contributed by atoms with Gasteiger partial charge in [-0.2, -0.15) is 0 Å². The van der Waals surface area contributed by atoms with Gasteiger partial charge in [0.2, 0.25) is 0 Å². The van der Waals surface area contributed by atoms with E-state index in [4.69, 9.17) is 4.74 Å². The zero-order valence-corrected chi connectivity index (χ0v) is 15.7. The molecule has 0 saturated heterocycles. The molecule has 1 heterocycles. The Hall–Kier alpha value is -1.20. The van der Waals surface area contributed by atoms with Crippen LogP contribution in [0, 0.1) is 22.7 Å². The minimum absolute atomic E-state index is 0.0652. The maximum atomic E-state index is 13.5. The van der Waals surface area contributed by atoms with E-state index in [-0.39, 0.29) is 17.7 Å². The van der Waals surface area contributed by atoms with Crippen LogP contribution in [0.25, 0.3) is 0 Å². The summed E-state index contributed by atoms with van der Waals surface area (Å²) in [4.78, 5) is 24.7. The number of esters is 1. The van der Waals surface area contributed by atoms with Crippen molar-refractivity contribution < 1.29 is 24.5 Å². The van der Waals surface area contributed by atoms with Crippen LogP contribution in [0.2, 0.25) is 0 Å². The number of rotatable bonds is 3. The lowest BCUT2D eigenvalue weighted by Crippen LogP contribution is -2.50. The second-order valence-corrected chi connectivity index (χ2v) is 9.08. The van der Waals surface area contributed by atoms with Crippen LogP contribution in [0.4, 0.5) is 0 Å². The summed E-state index contributed by atoms with van der Waals surface area (Å²) < 4.78 is 4.95. The number of carbonyl (C=O) groups excluding carboxylic acids is 2. The molecule has 5 nitrogen and oxygen atoms in total. The molecule has 0 bridgehead atoms. The Morgan fingerprint density at radius 2 is 1.96 bits per heavy atom. The van der Waals surface area contributed by atoms with Gasteiger partial charge in [-0.1, -0.05) is 27.7 Å². The molecule has 0 aromatic rings. The number of cyclic esters (lactones) is 1. The molecule has 1 aliphatic heterocycles. The fraction of sp³-hybridized carbons (Fsp3) is 0.800. The van der Waals surface area contributed by atoms with E-state index in [1.54, 1.807) is 0 Å². The van der Waals surface area contributed by atoms with Crippen LogP contribution in [0.15, 0.2) is 11.6 Å². The van der Waals surface area contributed by atoms with Crippen LogP contribution in [-0.2, 0) is 14.3 Å². The third-order valence-electron chi connectivity index (χ3n) is 7.60. The van der Waals surface area contributed by atoms with Gasteiger partial charge in [0.15, 0.2) is 0 Å². The quantitative estimate of drug-likeness (QED) is 0.764. The number of aliphatic hydroxyl groups excluding tert-OH is 1. The summed E-state index contributed by atoms with van der Waals surface area (Å²) in [6, 6.07) is 0. The van der Waals surface area contributed by atoms with Crippen molar-refractivity contribution in [2.75, 3.05) is 6.61 Å². The SMILES string of the molecule is C[C@@H]1CC[C@]2(O)[C@H](C[C@@H](O)C2(C)C)C(=O)[C@@]1(C)CCC1=CC(=O)OC1. The minimum atomic E-state index is -1.15. The number of fused-ring (bicyclic) bond motifs is 1. The molecule has 3 rings (SSSR count). The molecule has 2 saturated carbocycles. The highest BCUT2D eigenvalue weighted by atomic mass is 16.5. The maximum absolute atomic E-state index is 13.5. The van der Waals surface area contributed by atoms with E-state index in [0.717, 1.165) is 12.0 Å². The topological polar surface area (TPSA) is 83.8 Å². The minimum Gasteiger partial charge on any atom is -0.458 e. The Bertz CT molecular complexity index is 622. The van der Waals surface area contributed by atoms with Gasteiger partial charge in [0.05, 0.1) is 17.6 Å². The monoisotopic (exact) mass is 350 g/mol. The molecule has 0 aromatic heterocycles. The Kier molecular flexibility index (Phi) is 4.40. The predicted octanol–water partition coefficient (Wildman–Crippen LogP) is 2.39. The molecule has 0 radical (unpaired) electrons. The molecule has 140 valence electrons. The molecule has 2 aliphatic carbocycles. The summed E-state index contributed by atoms with van der Waals surface area (Å²) in [5.74, 6) is -0.630.